The molecule has 7 N–H and O–H groups in total. The van der Waals surface area contributed by atoms with Crippen molar-refractivity contribution in [1.82, 2.24) is 19.2 Å². The van der Waals surface area contributed by atoms with Gasteiger partial charge >= 0.3 is 5.97 Å². The second-order valence-electron chi connectivity index (χ2n) is 20.6. The fourth-order valence-electron chi connectivity index (χ4n) is 10.4. The fraction of sp³-hybridized carbons (Fsp3) is 0.854. The summed E-state index contributed by atoms with van der Waals surface area (Å²) < 4.78 is 69.0. The molecule has 4 rings (SSSR count). The lowest BCUT2D eigenvalue weighted by Gasteiger charge is -2.53. The van der Waals surface area contributed by atoms with Crippen LogP contribution in [0.25, 0.3) is 0 Å². The molecule has 3 saturated heterocycles. The van der Waals surface area contributed by atoms with Crippen LogP contribution in [-0.2, 0) is 50.0 Å². The third-order valence-corrected chi connectivity index (χ3v) is 17.1. The molecule has 0 bridgehead atoms. The van der Waals surface area contributed by atoms with Crippen LogP contribution in [0.15, 0.2) is 24.3 Å². The summed E-state index contributed by atoms with van der Waals surface area (Å²) >= 11 is 6.07. The van der Waals surface area contributed by atoms with Gasteiger partial charge < -0.3 is 64.6 Å². The summed E-state index contributed by atoms with van der Waals surface area (Å²) in [6.45, 7) is 20.1. The van der Waals surface area contributed by atoms with E-state index in [0.29, 0.717) is 17.1 Å². The molecule has 1 aromatic carbocycles. The molecule has 0 spiro atoms. The van der Waals surface area contributed by atoms with E-state index in [4.69, 9.17) is 40.0 Å². The minimum Gasteiger partial charge on any atom is -0.459 e. The second-order valence-corrected chi connectivity index (χ2v) is 23.2. The Balaban J connectivity index is 1.79. The Bertz CT molecular complexity index is 1870. The minimum absolute atomic E-state index is 0.0149. The number of carbonyl (C=O) groups excluding carboxylic acids is 1. The number of halogens is 1. The number of aliphatic hydroxyl groups excluding tert-OH is 2. The van der Waals surface area contributed by atoms with Crippen molar-refractivity contribution in [3.63, 3.8) is 0 Å². The number of likely N-dealkylation sites (N-methyl/N-ethyl adjacent to an activating group) is 1. The van der Waals surface area contributed by atoms with Crippen LogP contribution >= 0.6 is 11.6 Å². The van der Waals surface area contributed by atoms with Crippen LogP contribution in [0.4, 0.5) is 0 Å². The first-order chi connectivity index (χ1) is 31.5. The van der Waals surface area contributed by atoms with Gasteiger partial charge in [-0.3, -0.25) is 4.79 Å². The van der Waals surface area contributed by atoms with Gasteiger partial charge in [0.25, 0.3) is 10.2 Å². The third kappa shape index (κ3) is 13.3. The van der Waals surface area contributed by atoms with Gasteiger partial charge in [-0.25, -0.2) is 0 Å². The maximum atomic E-state index is 14.5. The average molecular weight is 1010 g/mol. The standard InChI is InChI=1S/C48H85ClN4O14S/c1-15-21-50-27-48(59)33(8)64-38(24-46(48,10)62-14)66-40-30(5)42(45(9,57)23-28(3)25-51-32(7)41(55)47(11,58)37(16-2)65-43(56)31(40)6)67-44-39(54)36(22-29(4)63-44)53(13)68(60,61)52(12)26-34-17-19-35(49)20-18-34/h17-20,28-33,36-42,44,50-51,54-55,57-59H,15-16,21-27H2,1-14H3/t28?,29-,30?,31?,32?,33+,36+,37?,38+,39-,40?,41?,42?,44+,45?,46-,47?,48+/m1/s1. The second kappa shape index (κ2) is 23.9. The number of ether oxygens (including phenoxy) is 6. The summed E-state index contributed by atoms with van der Waals surface area (Å²) in [5.74, 6) is -3.16. The molecule has 3 heterocycles. The molecule has 0 aromatic heterocycles. The predicted octanol–water partition coefficient (Wildman–Crippen LogP) is 3.33. The van der Waals surface area contributed by atoms with E-state index in [1.54, 1.807) is 79.7 Å². The number of benzene rings is 1. The van der Waals surface area contributed by atoms with Crippen molar-refractivity contribution in [1.29, 1.82) is 0 Å². The molecule has 18 nitrogen and oxygen atoms in total. The molecule has 3 aliphatic rings. The molecule has 1 aromatic rings. The topological polar surface area (TPSA) is 238 Å². The third-order valence-electron chi connectivity index (χ3n) is 14.9. The Morgan fingerprint density at radius 3 is 2.18 bits per heavy atom. The zero-order valence-electron chi connectivity index (χ0n) is 42.8. The van der Waals surface area contributed by atoms with Gasteiger partial charge in [0.2, 0.25) is 0 Å². The number of hydrogen-bond donors (Lipinski definition) is 7. The highest BCUT2D eigenvalue weighted by Gasteiger charge is 2.58. The molecule has 68 heavy (non-hydrogen) atoms. The van der Waals surface area contributed by atoms with Gasteiger partial charge in [0.1, 0.15) is 35.1 Å². The van der Waals surface area contributed by atoms with Gasteiger partial charge in [-0.2, -0.15) is 17.0 Å². The van der Waals surface area contributed by atoms with Crippen molar-refractivity contribution in [3.05, 3.63) is 34.9 Å². The van der Waals surface area contributed by atoms with Crippen LogP contribution in [-0.4, -0.2) is 179 Å². The molecule has 0 amide bonds. The van der Waals surface area contributed by atoms with Crippen molar-refractivity contribution in [3.8, 4) is 0 Å². The molecule has 0 saturated carbocycles. The number of carbonyl (C=O) groups is 1. The Morgan fingerprint density at radius 1 is 0.956 bits per heavy atom. The maximum Gasteiger partial charge on any atom is 0.311 e. The van der Waals surface area contributed by atoms with Gasteiger partial charge in [-0.1, -0.05) is 51.4 Å². The summed E-state index contributed by atoms with van der Waals surface area (Å²) in [5, 5.41) is 67.4. The highest BCUT2D eigenvalue weighted by Crippen LogP contribution is 2.43. The Morgan fingerprint density at radius 2 is 1.59 bits per heavy atom. The zero-order valence-corrected chi connectivity index (χ0v) is 44.4. The van der Waals surface area contributed by atoms with Crippen molar-refractivity contribution in [2.75, 3.05) is 40.8 Å². The fourth-order valence-corrected chi connectivity index (χ4v) is 11.8. The van der Waals surface area contributed by atoms with Crippen LogP contribution in [0.1, 0.15) is 114 Å². The number of esters is 1. The predicted molar refractivity (Wildman–Crippen MR) is 258 cm³/mol. The lowest BCUT2D eigenvalue weighted by atomic mass is 9.75. The van der Waals surface area contributed by atoms with E-state index < -0.39 is 118 Å². The maximum absolute atomic E-state index is 14.5. The number of hydrogen-bond acceptors (Lipinski definition) is 16. The van der Waals surface area contributed by atoms with Crippen molar-refractivity contribution >= 4 is 27.8 Å². The summed E-state index contributed by atoms with van der Waals surface area (Å²) in [5.41, 5.74) is -5.65. The Kier molecular flexibility index (Phi) is 20.7. The zero-order chi connectivity index (χ0) is 51.3. The monoisotopic (exact) mass is 1010 g/mol. The van der Waals surface area contributed by atoms with Gasteiger partial charge in [0.15, 0.2) is 12.6 Å². The molecule has 20 heteroatoms. The summed E-state index contributed by atoms with van der Waals surface area (Å²) in [6.07, 6.45) is -9.39. The van der Waals surface area contributed by atoms with Gasteiger partial charge in [-0.05, 0) is 111 Å². The van der Waals surface area contributed by atoms with Crippen LogP contribution < -0.4 is 10.6 Å². The van der Waals surface area contributed by atoms with E-state index in [9.17, 15) is 38.7 Å². The number of methoxy groups -OCH3 is 1. The van der Waals surface area contributed by atoms with E-state index in [1.807, 2.05) is 13.8 Å². The van der Waals surface area contributed by atoms with E-state index in [1.165, 1.54) is 32.4 Å². The number of nitrogens with zero attached hydrogens (tertiary/aromatic N) is 2. The molecule has 3 aliphatic heterocycles. The van der Waals surface area contributed by atoms with Crippen molar-refractivity contribution in [2.24, 2.45) is 17.8 Å². The van der Waals surface area contributed by atoms with Gasteiger partial charge in [0, 0.05) is 57.7 Å². The first-order valence-electron chi connectivity index (χ1n) is 24.3. The Hall–Kier alpha value is -1.63. The van der Waals surface area contributed by atoms with E-state index in [-0.39, 0.29) is 51.2 Å². The molecule has 3 fully saturated rings. The lowest BCUT2D eigenvalue weighted by molar-refractivity contribution is -0.336. The van der Waals surface area contributed by atoms with E-state index >= 15 is 0 Å². The molecular weight excluding hydrogens is 924 g/mol. The lowest BCUT2D eigenvalue weighted by Crippen LogP contribution is -2.70. The number of rotatable bonds is 15. The summed E-state index contributed by atoms with van der Waals surface area (Å²) in [7, 11) is 0.163. The molecule has 18 atom stereocenters. The average Bonchev–Trinajstić information content (AvgIpc) is 3.27. The minimum atomic E-state index is -4.18. The SMILES string of the molecule is CCCNC[C@]1(O)[C@H](C)O[C@@H](OC2C(C)C(=O)OC(CC)C(C)(O)C(O)C(C)NCC(C)CC(C)(O)C(O[C@@H]3O[C@H](C)C[C@H](N(C)S(=O)(=O)N(C)Cc4ccc(Cl)cc4)[C@H]3O)C2C)C[C@@]1(C)OC. The van der Waals surface area contributed by atoms with Crippen molar-refractivity contribution < 1.29 is 67.2 Å². The van der Waals surface area contributed by atoms with Crippen molar-refractivity contribution in [2.45, 2.75) is 205 Å². The quantitative estimate of drug-likeness (QED) is 0.0986. The molecule has 394 valence electrons. The van der Waals surface area contributed by atoms with Crippen LogP contribution in [0.3, 0.4) is 0 Å². The normalized spacial score (nSPS) is 41.8. The van der Waals surface area contributed by atoms with Gasteiger partial charge in [-0.15, -0.1) is 0 Å². The first-order valence-corrected chi connectivity index (χ1v) is 26.1. The first kappa shape index (κ1) is 58.9. The molecular formula is C48H85ClN4O14S. The van der Waals surface area contributed by atoms with Crippen LogP contribution in [0, 0.1) is 17.8 Å². The summed E-state index contributed by atoms with van der Waals surface area (Å²) in [4.78, 5) is 14.5. The van der Waals surface area contributed by atoms with Crippen LogP contribution in [0.5, 0.6) is 0 Å². The number of cyclic esters (lactones) is 1. The van der Waals surface area contributed by atoms with Gasteiger partial charge in [0.05, 0.1) is 42.0 Å². The summed E-state index contributed by atoms with van der Waals surface area (Å²) in [6, 6.07) is 5.11. The van der Waals surface area contributed by atoms with E-state index in [2.05, 4.69) is 10.6 Å². The smallest absolute Gasteiger partial charge is 0.311 e. The Labute approximate surface area is 410 Å². The highest BCUT2D eigenvalue weighted by molar-refractivity contribution is 7.86. The number of aliphatic hydroxyl groups is 5. The number of nitrogens with one attached hydrogen (secondary N) is 2. The molecule has 0 aliphatic carbocycles. The molecule has 10 unspecified atom stereocenters. The van der Waals surface area contributed by atoms with Crippen LogP contribution in [0.2, 0.25) is 5.02 Å². The molecule has 0 radical (unpaired) electrons. The van der Waals surface area contributed by atoms with E-state index in [0.717, 1.165) is 10.7 Å². The largest absolute Gasteiger partial charge is 0.459 e. The highest BCUT2D eigenvalue weighted by atomic mass is 35.5.